The van der Waals surface area contributed by atoms with Gasteiger partial charge >= 0.3 is 0 Å². The van der Waals surface area contributed by atoms with Gasteiger partial charge in [-0.1, -0.05) is 30.7 Å². The molecule has 19 heavy (non-hydrogen) atoms. The second-order valence-corrected chi connectivity index (χ2v) is 7.92. The number of rotatable bonds is 2. The molecule has 3 unspecified atom stereocenters. The number of nitrogens with two attached hydrogens (primary N) is 1. The monoisotopic (exact) mass is 313 g/mol. The van der Waals surface area contributed by atoms with Gasteiger partial charge in [0.15, 0.2) is 5.58 Å². The first-order valence-corrected chi connectivity index (χ1v) is 8.81. The van der Waals surface area contributed by atoms with E-state index in [9.17, 15) is 0 Å². The minimum Gasteiger partial charge on any atom is -0.458 e. The number of halogens is 1. The third-order valence-electron chi connectivity index (χ3n) is 3.43. The van der Waals surface area contributed by atoms with Gasteiger partial charge in [-0.3, -0.25) is 0 Å². The highest BCUT2D eigenvalue weighted by atomic mass is 35.5. The molecular weight excluding hydrogens is 298 g/mol. The number of furan rings is 1. The topological polar surface area (TPSA) is 39.2 Å². The number of para-hydroxylation sites is 1. The van der Waals surface area contributed by atoms with Crippen LogP contribution in [0.1, 0.15) is 18.7 Å². The Bertz CT molecular complexity index is 586. The smallest absolute Gasteiger partial charge is 0.152 e. The summed E-state index contributed by atoms with van der Waals surface area (Å²) in [5, 5.41) is 2.63. The molecule has 0 amide bonds. The summed E-state index contributed by atoms with van der Waals surface area (Å²) in [4.78, 5) is 0. The van der Waals surface area contributed by atoms with Gasteiger partial charge in [-0.2, -0.15) is 23.5 Å². The molecule has 1 saturated heterocycles. The Morgan fingerprint density at radius 2 is 2.16 bits per heavy atom. The van der Waals surface area contributed by atoms with Crippen LogP contribution in [-0.4, -0.2) is 22.0 Å². The standard InChI is InChI=1S/C14H16ClNOS2/c1-8-14(19-6-5-18-8)12(16)11-7-9-3-2-4-10(15)13(9)17-11/h2-4,7-8,12,14H,5-6,16H2,1H3. The fourth-order valence-electron chi connectivity index (χ4n) is 2.42. The van der Waals surface area contributed by atoms with E-state index in [0.717, 1.165) is 22.5 Å². The molecule has 1 aliphatic heterocycles. The van der Waals surface area contributed by atoms with Crippen molar-refractivity contribution in [2.45, 2.75) is 23.5 Å². The molecule has 0 aliphatic carbocycles. The Kier molecular flexibility index (Phi) is 4.03. The van der Waals surface area contributed by atoms with Crippen LogP contribution in [0.3, 0.4) is 0 Å². The molecule has 5 heteroatoms. The van der Waals surface area contributed by atoms with Gasteiger partial charge in [0.2, 0.25) is 0 Å². The van der Waals surface area contributed by atoms with E-state index in [0.29, 0.717) is 15.5 Å². The number of fused-ring (bicyclic) bond motifs is 1. The molecule has 1 aromatic carbocycles. The molecule has 3 rings (SSSR count). The Morgan fingerprint density at radius 1 is 1.37 bits per heavy atom. The van der Waals surface area contributed by atoms with Gasteiger partial charge in [0.1, 0.15) is 5.76 Å². The maximum absolute atomic E-state index is 6.40. The van der Waals surface area contributed by atoms with E-state index in [-0.39, 0.29) is 6.04 Å². The fraction of sp³-hybridized carbons (Fsp3) is 0.429. The third kappa shape index (κ3) is 2.64. The second kappa shape index (κ2) is 5.60. The molecule has 3 atom stereocenters. The van der Waals surface area contributed by atoms with Crippen molar-refractivity contribution in [2.24, 2.45) is 5.73 Å². The molecular formula is C14H16ClNOS2. The zero-order valence-corrected chi connectivity index (χ0v) is 13.0. The predicted molar refractivity (Wildman–Crippen MR) is 86.3 cm³/mol. The summed E-state index contributed by atoms with van der Waals surface area (Å²) >= 11 is 10.1. The number of hydrogen-bond donors (Lipinski definition) is 1. The van der Waals surface area contributed by atoms with E-state index in [1.807, 2.05) is 47.8 Å². The van der Waals surface area contributed by atoms with Crippen molar-refractivity contribution in [3.05, 3.63) is 35.0 Å². The SMILES string of the molecule is CC1SCCSC1C(N)c1cc2cccc(Cl)c2o1. The Balaban J connectivity index is 1.92. The first kappa shape index (κ1) is 13.7. The lowest BCUT2D eigenvalue weighted by atomic mass is 10.1. The third-order valence-corrected chi connectivity index (χ3v) is 6.95. The summed E-state index contributed by atoms with van der Waals surface area (Å²) in [6, 6.07) is 7.74. The molecule has 0 bridgehead atoms. The van der Waals surface area contributed by atoms with Crippen LogP contribution in [0.15, 0.2) is 28.7 Å². The van der Waals surface area contributed by atoms with Crippen molar-refractivity contribution in [2.75, 3.05) is 11.5 Å². The first-order valence-electron chi connectivity index (χ1n) is 6.33. The van der Waals surface area contributed by atoms with E-state index < -0.39 is 0 Å². The van der Waals surface area contributed by atoms with Gasteiger partial charge < -0.3 is 10.2 Å². The molecule has 1 aliphatic rings. The van der Waals surface area contributed by atoms with E-state index in [4.69, 9.17) is 21.8 Å². The van der Waals surface area contributed by atoms with E-state index in [1.165, 1.54) is 5.75 Å². The lowest BCUT2D eigenvalue weighted by Crippen LogP contribution is -2.33. The number of hydrogen-bond acceptors (Lipinski definition) is 4. The van der Waals surface area contributed by atoms with Crippen LogP contribution in [0.25, 0.3) is 11.0 Å². The molecule has 2 N–H and O–H groups in total. The molecule has 2 heterocycles. The van der Waals surface area contributed by atoms with Crippen LogP contribution in [-0.2, 0) is 0 Å². The molecule has 2 nitrogen and oxygen atoms in total. The molecule has 0 saturated carbocycles. The van der Waals surface area contributed by atoms with Crippen LogP contribution in [0, 0.1) is 0 Å². The van der Waals surface area contributed by atoms with Crippen LogP contribution >= 0.6 is 35.1 Å². The van der Waals surface area contributed by atoms with Crippen molar-refractivity contribution in [1.29, 1.82) is 0 Å². The quantitative estimate of drug-likeness (QED) is 0.896. The predicted octanol–water partition coefficient (Wildman–Crippen LogP) is 4.32. The lowest BCUT2D eigenvalue weighted by molar-refractivity contribution is 0.484. The zero-order chi connectivity index (χ0) is 13.4. The van der Waals surface area contributed by atoms with Gasteiger partial charge in [0, 0.05) is 27.4 Å². The van der Waals surface area contributed by atoms with Crippen LogP contribution in [0.4, 0.5) is 0 Å². The number of thioether (sulfide) groups is 2. The molecule has 1 fully saturated rings. The first-order chi connectivity index (χ1) is 9.16. The van der Waals surface area contributed by atoms with Gasteiger partial charge in [0.05, 0.1) is 11.1 Å². The van der Waals surface area contributed by atoms with Crippen molar-refractivity contribution in [1.82, 2.24) is 0 Å². The van der Waals surface area contributed by atoms with Crippen molar-refractivity contribution >= 4 is 46.1 Å². The average Bonchev–Trinajstić information content (AvgIpc) is 2.84. The molecule has 0 radical (unpaired) electrons. The lowest BCUT2D eigenvalue weighted by Gasteiger charge is -2.31. The van der Waals surface area contributed by atoms with Gasteiger partial charge in [-0.15, -0.1) is 0 Å². The summed E-state index contributed by atoms with van der Waals surface area (Å²) in [6.07, 6.45) is 0. The Labute approximate surface area is 126 Å². The van der Waals surface area contributed by atoms with Gasteiger partial charge in [0.25, 0.3) is 0 Å². The van der Waals surface area contributed by atoms with Crippen molar-refractivity contribution < 1.29 is 4.42 Å². The van der Waals surface area contributed by atoms with Crippen LogP contribution < -0.4 is 5.73 Å². The normalized spacial score (nSPS) is 25.6. The van der Waals surface area contributed by atoms with E-state index in [2.05, 4.69) is 6.92 Å². The molecule has 0 spiro atoms. The highest BCUT2D eigenvalue weighted by Crippen LogP contribution is 2.39. The Hall–Kier alpha value is -0.290. The minimum atomic E-state index is -0.0729. The average molecular weight is 314 g/mol. The molecule has 102 valence electrons. The molecule has 1 aromatic heterocycles. The maximum atomic E-state index is 6.40. The number of benzene rings is 1. The van der Waals surface area contributed by atoms with E-state index >= 15 is 0 Å². The minimum absolute atomic E-state index is 0.0729. The second-order valence-electron chi connectivity index (χ2n) is 4.74. The van der Waals surface area contributed by atoms with Crippen molar-refractivity contribution in [3.63, 3.8) is 0 Å². The zero-order valence-electron chi connectivity index (χ0n) is 10.6. The van der Waals surface area contributed by atoms with Gasteiger partial charge in [-0.25, -0.2) is 0 Å². The highest BCUT2D eigenvalue weighted by molar-refractivity contribution is 8.07. The maximum Gasteiger partial charge on any atom is 0.152 e. The van der Waals surface area contributed by atoms with Crippen LogP contribution in [0.5, 0.6) is 0 Å². The Morgan fingerprint density at radius 3 is 2.89 bits per heavy atom. The summed E-state index contributed by atoms with van der Waals surface area (Å²) in [5.74, 6) is 3.21. The van der Waals surface area contributed by atoms with Crippen molar-refractivity contribution in [3.8, 4) is 0 Å². The highest BCUT2D eigenvalue weighted by Gasteiger charge is 2.31. The van der Waals surface area contributed by atoms with E-state index in [1.54, 1.807) is 0 Å². The summed E-state index contributed by atoms with van der Waals surface area (Å²) < 4.78 is 5.88. The van der Waals surface area contributed by atoms with Crippen LogP contribution in [0.2, 0.25) is 5.02 Å². The van der Waals surface area contributed by atoms with Gasteiger partial charge in [-0.05, 0) is 12.1 Å². The molecule has 2 aromatic rings. The summed E-state index contributed by atoms with van der Waals surface area (Å²) in [5.41, 5.74) is 7.15. The summed E-state index contributed by atoms with van der Waals surface area (Å²) in [7, 11) is 0. The summed E-state index contributed by atoms with van der Waals surface area (Å²) in [6.45, 7) is 2.25. The largest absolute Gasteiger partial charge is 0.458 e. The fourth-order valence-corrected chi connectivity index (χ4v) is 5.49.